The van der Waals surface area contributed by atoms with E-state index in [0.29, 0.717) is 6.10 Å². The van der Waals surface area contributed by atoms with Crippen LogP contribution in [-0.4, -0.2) is 17.6 Å². The first kappa shape index (κ1) is 15.3. The molecule has 0 spiro atoms. The topological polar surface area (TPSA) is 34.2 Å². The zero-order chi connectivity index (χ0) is 14.5. The lowest BCUT2D eigenvalue weighted by molar-refractivity contribution is 0.0994. The zero-order valence-electron chi connectivity index (χ0n) is 13.3. The van der Waals surface area contributed by atoms with Crippen molar-refractivity contribution in [2.45, 2.75) is 59.6 Å². The molecule has 2 unspecified atom stereocenters. The molecule has 1 heterocycles. The molecule has 20 heavy (non-hydrogen) atoms. The van der Waals surface area contributed by atoms with E-state index in [1.807, 2.05) is 13.0 Å². The standard InChI is InChI=1S/C17H28N2O/c1-5-18-11-16-17(7-6-14(4)19-16)20-15-9-12(2)8-13(3)10-15/h6-7,12-13,15,18H,5,8-11H2,1-4H3. The van der Waals surface area contributed by atoms with Crippen LogP contribution in [-0.2, 0) is 6.54 Å². The monoisotopic (exact) mass is 276 g/mol. The molecule has 1 fully saturated rings. The summed E-state index contributed by atoms with van der Waals surface area (Å²) >= 11 is 0. The molecule has 0 saturated heterocycles. The molecule has 3 heteroatoms. The summed E-state index contributed by atoms with van der Waals surface area (Å²) < 4.78 is 6.28. The smallest absolute Gasteiger partial charge is 0.142 e. The Morgan fingerprint density at radius 3 is 2.55 bits per heavy atom. The largest absolute Gasteiger partial charge is 0.488 e. The Balaban J connectivity index is 2.07. The maximum absolute atomic E-state index is 6.28. The van der Waals surface area contributed by atoms with Crippen molar-refractivity contribution in [2.75, 3.05) is 6.54 Å². The quantitative estimate of drug-likeness (QED) is 0.890. The van der Waals surface area contributed by atoms with Crippen LogP contribution in [0.3, 0.4) is 0 Å². The number of ether oxygens (including phenoxy) is 1. The molecule has 0 amide bonds. The Morgan fingerprint density at radius 1 is 1.20 bits per heavy atom. The van der Waals surface area contributed by atoms with Crippen LogP contribution in [0.5, 0.6) is 5.75 Å². The normalized spacial score (nSPS) is 26.5. The third-order valence-corrected chi connectivity index (χ3v) is 4.04. The highest BCUT2D eigenvalue weighted by molar-refractivity contribution is 5.29. The van der Waals surface area contributed by atoms with E-state index in [1.54, 1.807) is 0 Å². The minimum absolute atomic E-state index is 0.346. The number of hydrogen-bond donors (Lipinski definition) is 1. The van der Waals surface area contributed by atoms with Gasteiger partial charge in [0, 0.05) is 12.2 Å². The molecule has 112 valence electrons. The van der Waals surface area contributed by atoms with E-state index >= 15 is 0 Å². The van der Waals surface area contributed by atoms with Gasteiger partial charge in [0.05, 0.1) is 11.8 Å². The summed E-state index contributed by atoms with van der Waals surface area (Å²) in [6.07, 6.45) is 4.01. The fraction of sp³-hybridized carbons (Fsp3) is 0.706. The van der Waals surface area contributed by atoms with Gasteiger partial charge in [-0.25, -0.2) is 0 Å². The number of pyridine rings is 1. The minimum atomic E-state index is 0.346. The molecule has 1 N–H and O–H groups in total. The molecule has 0 radical (unpaired) electrons. The summed E-state index contributed by atoms with van der Waals surface area (Å²) in [5, 5.41) is 3.34. The molecular weight excluding hydrogens is 248 g/mol. The van der Waals surface area contributed by atoms with Crippen LogP contribution in [0.2, 0.25) is 0 Å². The van der Waals surface area contributed by atoms with Crippen molar-refractivity contribution in [3.8, 4) is 5.75 Å². The maximum atomic E-state index is 6.28. The molecule has 2 rings (SSSR count). The lowest BCUT2D eigenvalue weighted by Crippen LogP contribution is -2.29. The van der Waals surface area contributed by atoms with Gasteiger partial charge in [0.15, 0.2) is 0 Å². The van der Waals surface area contributed by atoms with E-state index < -0.39 is 0 Å². The van der Waals surface area contributed by atoms with E-state index in [4.69, 9.17) is 4.74 Å². The summed E-state index contributed by atoms with van der Waals surface area (Å²) in [4.78, 5) is 4.63. The summed E-state index contributed by atoms with van der Waals surface area (Å²) in [6.45, 7) is 10.5. The van der Waals surface area contributed by atoms with Crippen molar-refractivity contribution < 1.29 is 4.74 Å². The SMILES string of the molecule is CCNCc1nc(C)ccc1OC1CC(C)CC(C)C1. The molecule has 2 atom stereocenters. The molecule has 0 aliphatic heterocycles. The van der Waals surface area contributed by atoms with Gasteiger partial charge in [0.1, 0.15) is 5.75 Å². The van der Waals surface area contributed by atoms with Crippen LogP contribution >= 0.6 is 0 Å². The van der Waals surface area contributed by atoms with Gasteiger partial charge in [-0.3, -0.25) is 4.98 Å². The van der Waals surface area contributed by atoms with Crippen molar-refractivity contribution >= 4 is 0 Å². The van der Waals surface area contributed by atoms with Gasteiger partial charge in [-0.2, -0.15) is 0 Å². The number of hydrogen-bond acceptors (Lipinski definition) is 3. The second kappa shape index (κ2) is 7.07. The number of nitrogens with zero attached hydrogens (tertiary/aromatic N) is 1. The molecule has 1 aliphatic rings. The van der Waals surface area contributed by atoms with Crippen molar-refractivity contribution in [3.05, 3.63) is 23.5 Å². The van der Waals surface area contributed by atoms with E-state index in [-0.39, 0.29) is 0 Å². The van der Waals surface area contributed by atoms with Crippen molar-refractivity contribution in [3.63, 3.8) is 0 Å². The second-order valence-electron chi connectivity index (χ2n) is 6.34. The lowest BCUT2D eigenvalue weighted by Gasteiger charge is -2.32. The minimum Gasteiger partial charge on any atom is -0.488 e. The first-order valence-electron chi connectivity index (χ1n) is 7.92. The number of aryl methyl sites for hydroxylation is 1. The van der Waals surface area contributed by atoms with Crippen LogP contribution in [0.25, 0.3) is 0 Å². The average Bonchev–Trinajstić information content (AvgIpc) is 2.38. The second-order valence-corrected chi connectivity index (χ2v) is 6.34. The fourth-order valence-electron chi connectivity index (χ4n) is 3.22. The van der Waals surface area contributed by atoms with Gasteiger partial charge in [0.2, 0.25) is 0 Å². The average molecular weight is 276 g/mol. The number of aromatic nitrogens is 1. The van der Waals surface area contributed by atoms with Crippen LogP contribution in [0.1, 0.15) is 51.4 Å². The van der Waals surface area contributed by atoms with Gasteiger partial charge in [-0.05, 0) is 56.7 Å². The van der Waals surface area contributed by atoms with Gasteiger partial charge >= 0.3 is 0 Å². The summed E-state index contributed by atoms with van der Waals surface area (Å²) in [5.41, 5.74) is 2.09. The number of rotatable bonds is 5. The molecule has 0 aromatic carbocycles. The highest BCUT2D eigenvalue weighted by Gasteiger charge is 2.25. The predicted octanol–water partition coefficient (Wildman–Crippen LogP) is 3.70. The Bertz CT molecular complexity index is 423. The van der Waals surface area contributed by atoms with Gasteiger partial charge in [0.25, 0.3) is 0 Å². The van der Waals surface area contributed by atoms with Crippen LogP contribution in [0.4, 0.5) is 0 Å². The highest BCUT2D eigenvalue weighted by atomic mass is 16.5. The van der Waals surface area contributed by atoms with E-state index in [9.17, 15) is 0 Å². The summed E-state index contributed by atoms with van der Waals surface area (Å²) in [5.74, 6) is 2.49. The molecular formula is C17H28N2O. The molecule has 3 nitrogen and oxygen atoms in total. The van der Waals surface area contributed by atoms with Crippen LogP contribution in [0.15, 0.2) is 12.1 Å². The number of nitrogens with one attached hydrogen (secondary N) is 1. The summed E-state index contributed by atoms with van der Waals surface area (Å²) in [6, 6.07) is 4.12. The third kappa shape index (κ3) is 4.20. The van der Waals surface area contributed by atoms with Crippen LogP contribution in [0, 0.1) is 18.8 Å². The van der Waals surface area contributed by atoms with Crippen molar-refractivity contribution in [2.24, 2.45) is 11.8 Å². The lowest BCUT2D eigenvalue weighted by atomic mass is 9.82. The first-order valence-corrected chi connectivity index (χ1v) is 7.92. The summed E-state index contributed by atoms with van der Waals surface area (Å²) in [7, 11) is 0. The first-order chi connectivity index (χ1) is 9.58. The van der Waals surface area contributed by atoms with Crippen molar-refractivity contribution in [1.29, 1.82) is 0 Å². The maximum Gasteiger partial charge on any atom is 0.142 e. The van der Waals surface area contributed by atoms with E-state index in [2.05, 4.69) is 37.1 Å². The Morgan fingerprint density at radius 2 is 1.90 bits per heavy atom. The zero-order valence-corrected chi connectivity index (χ0v) is 13.3. The van der Waals surface area contributed by atoms with Crippen molar-refractivity contribution in [1.82, 2.24) is 10.3 Å². The predicted molar refractivity (Wildman–Crippen MR) is 82.9 cm³/mol. The van der Waals surface area contributed by atoms with E-state index in [1.165, 1.54) is 19.3 Å². The van der Waals surface area contributed by atoms with E-state index in [0.717, 1.165) is 42.1 Å². The fourth-order valence-corrected chi connectivity index (χ4v) is 3.22. The van der Waals surface area contributed by atoms with Crippen LogP contribution < -0.4 is 10.1 Å². The molecule has 1 aromatic rings. The van der Waals surface area contributed by atoms with Gasteiger partial charge in [-0.15, -0.1) is 0 Å². The highest BCUT2D eigenvalue weighted by Crippen LogP contribution is 2.32. The van der Waals surface area contributed by atoms with Gasteiger partial charge in [-0.1, -0.05) is 20.8 Å². The molecule has 0 bridgehead atoms. The Kier molecular flexibility index (Phi) is 5.41. The third-order valence-electron chi connectivity index (χ3n) is 4.04. The Hall–Kier alpha value is -1.09. The molecule has 1 saturated carbocycles. The molecule has 1 aliphatic carbocycles. The Labute approximate surface area is 123 Å². The molecule has 1 aromatic heterocycles. The van der Waals surface area contributed by atoms with Gasteiger partial charge < -0.3 is 10.1 Å².